The Morgan fingerprint density at radius 3 is 2.83 bits per heavy atom. The van der Waals surface area contributed by atoms with E-state index in [9.17, 15) is 4.79 Å². The van der Waals surface area contributed by atoms with Gasteiger partial charge in [0.15, 0.2) is 0 Å². The first-order valence-corrected chi connectivity index (χ1v) is 8.33. The van der Waals surface area contributed by atoms with Gasteiger partial charge in [0.05, 0.1) is 0 Å². The predicted molar refractivity (Wildman–Crippen MR) is 95.1 cm³/mol. The number of hydrogen-bond acceptors (Lipinski definition) is 3. The van der Waals surface area contributed by atoms with E-state index in [4.69, 9.17) is 0 Å². The van der Waals surface area contributed by atoms with Crippen LogP contribution in [0.4, 0.5) is 5.82 Å². The van der Waals surface area contributed by atoms with Crippen LogP contribution < -0.4 is 10.6 Å². The van der Waals surface area contributed by atoms with Crippen LogP contribution in [0.3, 0.4) is 0 Å². The normalized spacial score (nSPS) is 14.2. The van der Waals surface area contributed by atoms with Gasteiger partial charge in [-0.2, -0.15) is 0 Å². The van der Waals surface area contributed by atoms with Crippen LogP contribution in [0, 0.1) is 0 Å². The number of nitrogens with zero attached hydrogens (tertiary/aromatic N) is 2. The number of nitrogens with one attached hydrogen (secondary N) is 2. The fraction of sp³-hybridized carbons (Fsp3) is 0.263. The maximum atomic E-state index is 12.5. The Morgan fingerprint density at radius 1 is 1.12 bits per heavy atom. The molecule has 0 atom stereocenters. The van der Waals surface area contributed by atoms with Crippen molar-refractivity contribution in [2.45, 2.75) is 19.4 Å². The summed E-state index contributed by atoms with van der Waals surface area (Å²) in [5.74, 6) is 0.543. The highest BCUT2D eigenvalue weighted by molar-refractivity contribution is 5.92. The zero-order valence-electron chi connectivity index (χ0n) is 13.5. The third kappa shape index (κ3) is 2.78. The Kier molecular flexibility index (Phi) is 4.01. The number of para-hydroxylation sites is 1. The molecule has 5 heteroatoms. The second-order valence-electron chi connectivity index (χ2n) is 6.04. The molecule has 5 nitrogen and oxygen atoms in total. The lowest BCUT2D eigenvalue weighted by atomic mass is 10.1. The van der Waals surface area contributed by atoms with E-state index in [1.54, 1.807) is 12.3 Å². The minimum atomic E-state index is -0.0468. The number of pyridine rings is 1. The van der Waals surface area contributed by atoms with Gasteiger partial charge in [-0.1, -0.05) is 24.3 Å². The quantitative estimate of drug-likeness (QED) is 0.779. The smallest absolute Gasteiger partial charge is 0.245 e. The minimum Gasteiger partial charge on any atom is -0.335 e. The summed E-state index contributed by atoms with van der Waals surface area (Å²) in [5, 5.41) is 7.59. The standard InChI is InChI=1S/C19H20N4O/c24-19(22-18-7-3-4-10-21-18)13-23-16-6-2-1-5-14(16)15-8-11-20-12-9-17(15)23/h1-7,10,20H,8-9,11-13H2,(H,21,22,24). The van der Waals surface area contributed by atoms with Crippen molar-refractivity contribution in [1.82, 2.24) is 14.9 Å². The molecule has 24 heavy (non-hydrogen) atoms. The van der Waals surface area contributed by atoms with Gasteiger partial charge >= 0.3 is 0 Å². The van der Waals surface area contributed by atoms with Gasteiger partial charge in [-0.25, -0.2) is 4.98 Å². The number of carbonyl (C=O) groups excluding carboxylic acids is 1. The van der Waals surface area contributed by atoms with Crippen LogP contribution in [0.5, 0.6) is 0 Å². The fourth-order valence-electron chi connectivity index (χ4n) is 3.48. The molecule has 0 radical (unpaired) electrons. The van der Waals surface area contributed by atoms with E-state index < -0.39 is 0 Å². The van der Waals surface area contributed by atoms with Crippen molar-refractivity contribution in [3.05, 3.63) is 59.9 Å². The third-order valence-corrected chi connectivity index (χ3v) is 4.52. The van der Waals surface area contributed by atoms with Crippen LogP contribution in [0.25, 0.3) is 10.9 Å². The first kappa shape index (κ1) is 14.9. The van der Waals surface area contributed by atoms with Crippen molar-refractivity contribution in [1.29, 1.82) is 0 Å². The average molecular weight is 320 g/mol. The molecule has 0 saturated heterocycles. The van der Waals surface area contributed by atoms with Gasteiger partial charge in [0.25, 0.3) is 0 Å². The Bertz CT molecular complexity index is 870. The summed E-state index contributed by atoms with van der Waals surface area (Å²) in [4.78, 5) is 16.7. The Morgan fingerprint density at radius 2 is 1.96 bits per heavy atom. The van der Waals surface area contributed by atoms with E-state index in [2.05, 4.69) is 38.4 Å². The van der Waals surface area contributed by atoms with E-state index in [1.807, 2.05) is 18.2 Å². The van der Waals surface area contributed by atoms with Gasteiger partial charge in [-0.15, -0.1) is 0 Å². The lowest BCUT2D eigenvalue weighted by Gasteiger charge is -2.11. The SMILES string of the molecule is O=C(Cn1c2c(c3ccccc31)CCNCC2)Nc1ccccn1. The molecule has 0 aliphatic carbocycles. The molecule has 0 saturated carbocycles. The van der Waals surface area contributed by atoms with Crippen molar-refractivity contribution in [2.24, 2.45) is 0 Å². The number of amides is 1. The molecule has 0 spiro atoms. The number of hydrogen-bond donors (Lipinski definition) is 2. The first-order chi connectivity index (χ1) is 11.8. The highest BCUT2D eigenvalue weighted by Gasteiger charge is 2.19. The Balaban J connectivity index is 1.68. The molecule has 3 heterocycles. The van der Waals surface area contributed by atoms with Crippen LogP contribution in [-0.2, 0) is 24.2 Å². The maximum Gasteiger partial charge on any atom is 0.245 e. The molecule has 1 aromatic carbocycles. The van der Waals surface area contributed by atoms with Crippen LogP contribution in [-0.4, -0.2) is 28.5 Å². The van der Waals surface area contributed by atoms with Crippen molar-refractivity contribution in [3.63, 3.8) is 0 Å². The van der Waals surface area contributed by atoms with E-state index in [0.29, 0.717) is 12.4 Å². The highest BCUT2D eigenvalue weighted by atomic mass is 16.2. The average Bonchev–Trinajstić information content (AvgIpc) is 2.77. The molecule has 0 fully saturated rings. The number of anilines is 1. The predicted octanol–water partition coefficient (Wildman–Crippen LogP) is 2.36. The third-order valence-electron chi connectivity index (χ3n) is 4.52. The summed E-state index contributed by atoms with van der Waals surface area (Å²) in [5.41, 5.74) is 3.79. The van der Waals surface area contributed by atoms with Gasteiger partial charge in [-0.05, 0) is 36.7 Å². The molecule has 3 aromatic rings. The Labute approximate surface area is 140 Å². The molecular formula is C19H20N4O. The molecule has 1 amide bonds. The molecule has 122 valence electrons. The zero-order chi connectivity index (χ0) is 16.4. The van der Waals surface area contributed by atoms with Crippen LogP contribution in [0.15, 0.2) is 48.7 Å². The second-order valence-corrected chi connectivity index (χ2v) is 6.04. The Hall–Kier alpha value is -2.66. The van der Waals surface area contributed by atoms with E-state index in [-0.39, 0.29) is 5.91 Å². The summed E-state index contributed by atoms with van der Waals surface area (Å²) in [7, 11) is 0. The van der Waals surface area contributed by atoms with Crippen molar-refractivity contribution in [3.8, 4) is 0 Å². The van der Waals surface area contributed by atoms with Crippen LogP contribution >= 0.6 is 0 Å². The van der Waals surface area contributed by atoms with Crippen molar-refractivity contribution >= 4 is 22.6 Å². The number of fused-ring (bicyclic) bond motifs is 3. The first-order valence-electron chi connectivity index (χ1n) is 8.33. The van der Waals surface area contributed by atoms with E-state index in [0.717, 1.165) is 31.4 Å². The monoisotopic (exact) mass is 320 g/mol. The van der Waals surface area contributed by atoms with Gasteiger partial charge in [0.1, 0.15) is 12.4 Å². The molecule has 4 rings (SSSR count). The molecule has 0 bridgehead atoms. The molecule has 1 aliphatic heterocycles. The highest BCUT2D eigenvalue weighted by Crippen LogP contribution is 2.28. The number of aromatic nitrogens is 2. The van der Waals surface area contributed by atoms with Gasteiger partial charge in [0, 0.05) is 35.8 Å². The lowest BCUT2D eigenvalue weighted by molar-refractivity contribution is -0.116. The molecule has 0 unspecified atom stereocenters. The molecule has 2 N–H and O–H groups in total. The zero-order valence-corrected chi connectivity index (χ0v) is 13.5. The number of benzene rings is 1. The fourth-order valence-corrected chi connectivity index (χ4v) is 3.48. The maximum absolute atomic E-state index is 12.5. The van der Waals surface area contributed by atoms with Crippen LogP contribution in [0.1, 0.15) is 11.3 Å². The summed E-state index contributed by atoms with van der Waals surface area (Å²) >= 11 is 0. The number of rotatable bonds is 3. The summed E-state index contributed by atoms with van der Waals surface area (Å²) in [6.07, 6.45) is 3.63. The van der Waals surface area contributed by atoms with Gasteiger partial charge in [-0.3, -0.25) is 4.79 Å². The molecule has 1 aliphatic rings. The topological polar surface area (TPSA) is 59.0 Å². The van der Waals surface area contributed by atoms with E-state index in [1.165, 1.54) is 16.6 Å². The number of carbonyl (C=O) groups is 1. The van der Waals surface area contributed by atoms with Crippen molar-refractivity contribution < 1.29 is 4.79 Å². The largest absolute Gasteiger partial charge is 0.335 e. The minimum absolute atomic E-state index is 0.0468. The van der Waals surface area contributed by atoms with Crippen molar-refractivity contribution in [2.75, 3.05) is 18.4 Å². The van der Waals surface area contributed by atoms with Gasteiger partial charge in [0.2, 0.25) is 5.91 Å². The summed E-state index contributed by atoms with van der Waals surface area (Å²) in [6.45, 7) is 2.25. The molecular weight excluding hydrogens is 300 g/mol. The summed E-state index contributed by atoms with van der Waals surface area (Å²) in [6, 6.07) is 13.9. The van der Waals surface area contributed by atoms with Gasteiger partial charge < -0.3 is 15.2 Å². The van der Waals surface area contributed by atoms with E-state index >= 15 is 0 Å². The summed E-state index contributed by atoms with van der Waals surface area (Å²) < 4.78 is 2.16. The second kappa shape index (κ2) is 6.45. The lowest BCUT2D eigenvalue weighted by Crippen LogP contribution is -2.21. The van der Waals surface area contributed by atoms with Crippen LogP contribution in [0.2, 0.25) is 0 Å². The molecule has 2 aromatic heterocycles.